The van der Waals surface area contributed by atoms with E-state index in [0.717, 1.165) is 25.7 Å². The van der Waals surface area contributed by atoms with E-state index in [4.69, 9.17) is 0 Å². The molecule has 2 saturated heterocycles. The van der Waals surface area contributed by atoms with Gasteiger partial charge in [0.15, 0.2) is 0 Å². The van der Waals surface area contributed by atoms with E-state index in [0.29, 0.717) is 36.7 Å². The molecule has 2 bridgehead atoms. The van der Waals surface area contributed by atoms with Gasteiger partial charge in [-0.25, -0.2) is 0 Å². The van der Waals surface area contributed by atoms with Crippen molar-refractivity contribution in [2.45, 2.75) is 84.0 Å². The van der Waals surface area contributed by atoms with Gasteiger partial charge in [-0.3, -0.25) is 19.2 Å². The zero-order chi connectivity index (χ0) is 20.5. The monoisotopic (exact) mass is 389 g/mol. The van der Waals surface area contributed by atoms with Gasteiger partial charge < -0.3 is 10.6 Å². The number of carbonyl (C=O) groups excluding carboxylic acids is 2. The maximum atomic E-state index is 12.4. The number of nitrogens with one attached hydrogen (secondary N) is 2. The van der Waals surface area contributed by atoms with Gasteiger partial charge in [0.1, 0.15) is 0 Å². The maximum Gasteiger partial charge on any atom is 0.254 e. The molecule has 0 spiro atoms. The summed E-state index contributed by atoms with van der Waals surface area (Å²) in [4.78, 5) is 27.1. The van der Waals surface area contributed by atoms with Gasteiger partial charge in [0.05, 0.1) is 18.3 Å². The van der Waals surface area contributed by atoms with E-state index in [1.165, 1.54) is 0 Å². The predicted octanol–water partition coefficient (Wildman–Crippen LogP) is 2.35. The molecular formula is C21H35N5O2. The molecule has 0 aliphatic carbocycles. The number of amides is 2. The Morgan fingerprint density at radius 3 is 2.39 bits per heavy atom. The molecule has 2 N–H and O–H groups in total. The summed E-state index contributed by atoms with van der Waals surface area (Å²) in [7, 11) is 0. The van der Waals surface area contributed by atoms with Crippen molar-refractivity contribution in [3.63, 3.8) is 0 Å². The van der Waals surface area contributed by atoms with Gasteiger partial charge in [-0.15, -0.1) is 0 Å². The minimum absolute atomic E-state index is 0.0498. The first kappa shape index (κ1) is 20.8. The summed E-state index contributed by atoms with van der Waals surface area (Å²) < 4.78 is 1.80. The van der Waals surface area contributed by atoms with Crippen molar-refractivity contribution >= 4 is 11.8 Å². The quantitative estimate of drug-likeness (QED) is 0.783. The number of fused-ring (bicyclic) bond motifs is 2. The van der Waals surface area contributed by atoms with E-state index in [2.05, 4.69) is 20.6 Å². The van der Waals surface area contributed by atoms with Gasteiger partial charge in [0, 0.05) is 36.4 Å². The fourth-order valence-electron chi connectivity index (χ4n) is 4.51. The number of carbonyl (C=O) groups is 2. The van der Waals surface area contributed by atoms with Crippen molar-refractivity contribution in [1.82, 2.24) is 25.3 Å². The molecule has 7 heteroatoms. The van der Waals surface area contributed by atoms with Crippen LogP contribution in [0.5, 0.6) is 0 Å². The van der Waals surface area contributed by atoms with Crippen molar-refractivity contribution < 1.29 is 9.59 Å². The van der Waals surface area contributed by atoms with Crippen LogP contribution in [-0.2, 0) is 4.79 Å². The molecule has 1 aromatic rings. The highest BCUT2D eigenvalue weighted by Crippen LogP contribution is 2.38. The molecule has 2 aliphatic heterocycles. The summed E-state index contributed by atoms with van der Waals surface area (Å²) >= 11 is 0. The third-order valence-electron chi connectivity index (χ3n) is 5.77. The lowest BCUT2D eigenvalue weighted by Crippen LogP contribution is -2.52. The van der Waals surface area contributed by atoms with Crippen LogP contribution in [0.25, 0.3) is 0 Å². The molecule has 3 heterocycles. The zero-order valence-electron chi connectivity index (χ0n) is 17.9. The van der Waals surface area contributed by atoms with Crippen molar-refractivity contribution in [1.29, 1.82) is 0 Å². The molecule has 7 nitrogen and oxygen atoms in total. The van der Waals surface area contributed by atoms with Crippen molar-refractivity contribution in [2.24, 2.45) is 5.92 Å². The van der Waals surface area contributed by atoms with Crippen LogP contribution >= 0.6 is 0 Å². The molecule has 2 fully saturated rings. The van der Waals surface area contributed by atoms with Crippen molar-refractivity contribution in [3.8, 4) is 0 Å². The lowest BCUT2D eigenvalue weighted by Gasteiger charge is -2.39. The molecule has 156 valence electrons. The number of nitrogens with zero attached hydrogens (tertiary/aromatic N) is 3. The van der Waals surface area contributed by atoms with Crippen molar-refractivity contribution in [3.05, 3.63) is 18.0 Å². The number of piperidine rings is 1. The Labute approximate surface area is 168 Å². The summed E-state index contributed by atoms with van der Waals surface area (Å²) in [6.45, 7) is 11.3. The van der Waals surface area contributed by atoms with E-state index < -0.39 is 0 Å². The highest BCUT2D eigenvalue weighted by molar-refractivity contribution is 5.93. The smallest absolute Gasteiger partial charge is 0.254 e. The summed E-state index contributed by atoms with van der Waals surface area (Å²) in [6.07, 6.45) is 7.84. The Kier molecular flexibility index (Phi) is 6.12. The average molecular weight is 390 g/mol. The van der Waals surface area contributed by atoms with Crippen LogP contribution in [0.4, 0.5) is 0 Å². The molecule has 2 unspecified atom stereocenters. The fraction of sp³-hybridized carbons (Fsp3) is 0.762. The first-order valence-electron chi connectivity index (χ1n) is 10.5. The van der Waals surface area contributed by atoms with Crippen LogP contribution in [0.2, 0.25) is 0 Å². The van der Waals surface area contributed by atoms with Crippen LogP contribution in [-0.4, -0.2) is 57.2 Å². The largest absolute Gasteiger partial charge is 0.352 e. The van der Waals surface area contributed by atoms with Gasteiger partial charge in [0.2, 0.25) is 5.91 Å². The SMILES string of the molecule is CC(C)n1cc(C(=O)NCC2CC3CCC(C2)N3CC(=O)NC(C)(C)C)cn1. The summed E-state index contributed by atoms with van der Waals surface area (Å²) in [5, 5.41) is 10.4. The number of hydrogen-bond acceptors (Lipinski definition) is 4. The zero-order valence-corrected chi connectivity index (χ0v) is 17.9. The molecule has 0 aromatic carbocycles. The molecule has 1 aromatic heterocycles. The molecule has 28 heavy (non-hydrogen) atoms. The third kappa shape index (κ3) is 5.13. The number of rotatable bonds is 6. The van der Waals surface area contributed by atoms with E-state index >= 15 is 0 Å². The molecule has 2 amide bonds. The van der Waals surface area contributed by atoms with Crippen LogP contribution < -0.4 is 10.6 Å². The van der Waals surface area contributed by atoms with E-state index in [1.54, 1.807) is 17.1 Å². The minimum Gasteiger partial charge on any atom is -0.352 e. The summed E-state index contributed by atoms with van der Waals surface area (Å²) in [5.74, 6) is 0.535. The highest BCUT2D eigenvalue weighted by Gasteiger charge is 2.41. The Hall–Kier alpha value is -1.89. The Balaban J connectivity index is 1.48. The first-order chi connectivity index (χ1) is 13.1. The lowest BCUT2D eigenvalue weighted by atomic mass is 9.90. The molecule has 0 saturated carbocycles. The normalized spacial score (nSPS) is 25.1. The van der Waals surface area contributed by atoms with Crippen LogP contribution in [0, 0.1) is 5.92 Å². The summed E-state index contributed by atoms with van der Waals surface area (Å²) in [5.41, 5.74) is 0.426. The molecule has 2 aliphatic rings. The van der Waals surface area contributed by atoms with Gasteiger partial charge in [-0.1, -0.05) is 0 Å². The molecular weight excluding hydrogens is 354 g/mol. The van der Waals surface area contributed by atoms with E-state index in [-0.39, 0.29) is 23.4 Å². The highest BCUT2D eigenvalue weighted by atomic mass is 16.2. The average Bonchev–Trinajstić information content (AvgIpc) is 3.15. The van der Waals surface area contributed by atoms with Crippen molar-refractivity contribution in [2.75, 3.05) is 13.1 Å². The van der Waals surface area contributed by atoms with E-state index in [9.17, 15) is 9.59 Å². The molecule has 2 atom stereocenters. The van der Waals surface area contributed by atoms with Gasteiger partial charge in [-0.05, 0) is 66.2 Å². The lowest BCUT2D eigenvalue weighted by molar-refractivity contribution is -0.125. The molecule has 3 rings (SSSR count). The Morgan fingerprint density at radius 1 is 1.21 bits per heavy atom. The van der Waals surface area contributed by atoms with Gasteiger partial charge in [0.25, 0.3) is 5.91 Å². The van der Waals surface area contributed by atoms with Gasteiger partial charge in [-0.2, -0.15) is 5.10 Å². The standard InChI is InChI=1S/C21H35N5O2/c1-14(2)26-12-16(11-23-26)20(28)22-10-15-8-17-6-7-18(9-15)25(17)13-19(27)24-21(3,4)5/h11-12,14-15,17-18H,6-10,13H2,1-5H3,(H,22,28)(H,24,27). The minimum atomic E-state index is -0.192. The predicted molar refractivity (Wildman–Crippen MR) is 109 cm³/mol. The second-order valence-electron chi connectivity index (χ2n) is 9.71. The topological polar surface area (TPSA) is 79.3 Å². The number of hydrogen-bond donors (Lipinski definition) is 2. The third-order valence-corrected chi connectivity index (χ3v) is 5.77. The molecule has 0 radical (unpaired) electrons. The Morgan fingerprint density at radius 2 is 1.86 bits per heavy atom. The summed E-state index contributed by atoms with van der Waals surface area (Å²) in [6, 6.07) is 1.15. The van der Waals surface area contributed by atoms with Crippen LogP contribution in [0.3, 0.4) is 0 Å². The Bertz CT molecular complexity index is 692. The fourth-order valence-corrected chi connectivity index (χ4v) is 4.51. The van der Waals surface area contributed by atoms with Crippen LogP contribution in [0.1, 0.15) is 76.7 Å². The van der Waals surface area contributed by atoms with E-state index in [1.807, 2.05) is 34.6 Å². The first-order valence-corrected chi connectivity index (χ1v) is 10.5. The van der Waals surface area contributed by atoms with Gasteiger partial charge >= 0.3 is 0 Å². The second-order valence-corrected chi connectivity index (χ2v) is 9.71. The number of aromatic nitrogens is 2. The maximum absolute atomic E-state index is 12.4. The van der Waals surface area contributed by atoms with Crippen LogP contribution in [0.15, 0.2) is 12.4 Å². The second kappa shape index (κ2) is 8.23.